The first kappa shape index (κ1) is 19.6. The van der Waals surface area contributed by atoms with Crippen molar-refractivity contribution in [2.75, 3.05) is 33.4 Å². The first-order chi connectivity index (χ1) is 14.2. The van der Waals surface area contributed by atoms with Crippen molar-refractivity contribution >= 4 is 16.7 Å². The summed E-state index contributed by atoms with van der Waals surface area (Å²) in [7, 11) is 1.60. The number of benzene rings is 2. The van der Waals surface area contributed by atoms with Crippen LogP contribution in [0.15, 0.2) is 53.1 Å². The number of likely N-dealkylation sites (tertiary alicyclic amines) is 1. The second-order valence-electron chi connectivity index (χ2n) is 7.58. The number of ether oxygens (including phenoxy) is 1. The summed E-state index contributed by atoms with van der Waals surface area (Å²) in [4.78, 5) is 14.6. The van der Waals surface area contributed by atoms with Crippen LogP contribution in [0.1, 0.15) is 40.6 Å². The zero-order chi connectivity index (χ0) is 20.1. The molecule has 0 aliphatic carbocycles. The molecule has 0 saturated carbocycles. The first-order valence-electron chi connectivity index (χ1n) is 10.2. The van der Waals surface area contributed by atoms with Crippen LogP contribution in [0.4, 0.5) is 0 Å². The summed E-state index contributed by atoms with van der Waals surface area (Å²) in [5.74, 6) is 0.300. The Morgan fingerprint density at radius 2 is 2.14 bits per heavy atom. The SMILES string of the molecule is COCCNC(=O)c1cc([C@@H]2CCCN(Cc3cccc4ccccc34)C2)no1. The Kier molecular flexibility index (Phi) is 6.22. The molecular weight excluding hydrogens is 366 g/mol. The lowest BCUT2D eigenvalue weighted by molar-refractivity contribution is 0.0900. The van der Waals surface area contributed by atoms with Crippen LogP contribution in [-0.2, 0) is 11.3 Å². The number of amides is 1. The molecule has 1 aliphatic rings. The molecule has 1 N–H and O–H groups in total. The molecule has 0 spiro atoms. The van der Waals surface area contributed by atoms with Crippen LogP contribution in [0.25, 0.3) is 10.8 Å². The van der Waals surface area contributed by atoms with E-state index in [0.717, 1.165) is 38.2 Å². The zero-order valence-corrected chi connectivity index (χ0v) is 16.8. The Hall–Kier alpha value is -2.70. The monoisotopic (exact) mass is 393 g/mol. The summed E-state index contributed by atoms with van der Waals surface area (Å²) in [5.41, 5.74) is 2.21. The molecule has 1 aliphatic heterocycles. The summed E-state index contributed by atoms with van der Waals surface area (Å²) in [6.07, 6.45) is 2.17. The van der Waals surface area contributed by atoms with E-state index in [2.05, 4.69) is 57.8 Å². The Morgan fingerprint density at radius 1 is 1.28 bits per heavy atom. The van der Waals surface area contributed by atoms with Gasteiger partial charge in [0.15, 0.2) is 0 Å². The summed E-state index contributed by atoms with van der Waals surface area (Å²) >= 11 is 0. The summed E-state index contributed by atoms with van der Waals surface area (Å²) in [6, 6.07) is 16.8. The van der Waals surface area contributed by atoms with Crippen LogP contribution in [0.3, 0.4) is 0 Å². The van der Waals surface area contributed by atoms with Gasteiger partial charge in [0.1, 0.15) is 0 Å². The number of aromatic nitrogens is 1. The molecule has 29 heavy (non-hydrogen) atoms. The average Bonchev–Trinajstić information content (AvgIpc) is 3.25. The van der Waals surface area contributed by atoms with Crippen molar-refractivity contribution in [2.24, 2.45) is 0 Å². The first-order valence-corrected chi connectivity index (χ1v) is 10.2. The van der Waals surface area contributed by atoms with E-state index in [1.165, 1.54) is 16.3 Å². The minimum absolute atomic E-state index is 0.246. The van der Waals surface area contributed by atoms with Gasteiger partial charge in [-0.3, -0.25) is 9.69 Å². The predicted molar refractivity (Wildman–Crippen MR) is 112 cm³/mol. The van der Waals surface area contributed by atoms with Crippen LogP contribution >= 0.6 is 0 Å². The zero-order valence-electron chi connectivity index (χ0n) is 16.8. The van der Waals surface area contributed by atoms with Crippen molar-refractivity contribution in [3.63, 3.8) is 0 Å². The van der Waals surface area contributed by atoms with Crippen LogP contribution < -0.4 is 5.32 Å². The van der Waals surface area contributed by atoms with Crippen LogP contribution in [0, 0.1) is 0 Å². The molecule has 0 radical (unpaired) electrons. The average molecular weight is 393 g/mol. The minimum Gasteiger partial charge on any atom is -0.383 e. The highest BCUT2D eigenvalue weighted by Gasteiger charge is 2.25. The van der Waals surface area contributed by atoms with E-state index >= 15 is 0 Å². The molecule has 1 amide bonds. The predicted octanol–water partition coefficient (Wildman–Crippen LogP) is 3.58. The number of carbonyl (C=O) groups excluding carboxylic acids is 1. The maximum atomic E-state index is 12.1. The number of methoxy groups -OCH3 is 1. The second-order valence-corrected chi connectivity index (χ2v) is 7.58. The van der Waals surface area contributed by atoms with Crippen molar-refractivity contribution in [1.82, 2.24) is 15.4 Å². The molecule has 0 unspecified atom stereocenters. The number of fused-ring (bicyclic) bond motifs is 1. The number of hydrogen-bond donors (Lipinski definition) is 1. The third-order valence-corrected chi connectivity index (χ3v) is 5.54. The molecular formula is C23H27N3O3. The van der Waals surface area contributed by atoms with Gasteiger partial charge in [-0.1, -0.05) is 47.6 Å². The van der Waals surface area contributed by atoms with Crippen LogP contribution in [0.2, 0.25) is 0 Å². The Morgan fingerprint density at radius 3 is 3.03 bits per heavy atom. The van der Waals surface area contributed by atoms with Gasteiger partial charge in [-0.25, -0.2) is 0 Å². The van der Waals surface area contributed by atoms with E-state index in [0.29, 0.717) is 13.2 Å². The van der Waals surface area contributed by atoms with Crippen molar-refractivity contribution < 1.29 is 14.1 Å². The minimum atomic E-state index is -0.246. The van der Waals surface area contributed by atoms with Gasteiger partial charge in [-0.2, -0.15) is 0 Å². The van der Waals surface area contributed by atoms with E-state index in [4.69, 9.17) is 9.26 Å². The van der Waals surface area contributed by atoms with Gasteiger partial charge in [0.25, 0.3) is 5.91 Å². The maximum absolute atomic E-state index is 12.1. The summed E-state index contributed by atoms with van der Waals surface area (Å²) in [6.45, 7) is 3.83. The molecule has 6 nitrogen and oxygen atoms in total. The highest BCUT2D eigenvalue weighted by atomic mass is 16.5. The van der Waals surface area contributed by atoms with Gasteiger partial charge >= 0.3 is 0 Å². The van der Waals surface area contributed by atoms with Gasteiger partial charge < -0.3 is 14.6 Å². The third kappa shape index (κ3) is 4.66. The lowest BCUT2D eigenvalue weighted by Gasteiger charge is -2.32. The van der Waals surface area contributed by atoms with Gasteiger partial charge in [-0.15, -0.1) is 0 Å². The third-order valence-electron chi connectivity index (χ3n) is 5.54. The largest absolute Gasteiger partial charge is 0.383 e. The highest BCUT2D eigenvalue weighted by Crippen LogP contribution is 2.29. The number of hydrogen-bond acceptors (Lipinski definition) is 5. The lowest BCUT2D eigenvalue weighted by Crippen LogP contribution is -2.34. The lowest BCUT2D eigenvalue weighted by atomic mass is 9.94. The smallest absolute Gasteiger partial charge is 0.289 e. The topological polar surface area (TPSA) is 67.6 Å². The highest BCUT2D eigenvalue weighted by molar-refractivity contribution is 5.91. The fourth-order valence-corrected chi connectivity index (χ4v) is 4.05. The molecule has 152 valence electrons. The molecule has 1 atom stereocenters. The molecule has 1 saturated heterocycles. The van der Waals surface area contributed by atoms with E-state index in [9.17, 15) is 4.79 Å². The normalized spacial score (nSPS) is 17.5. The molecule has 1 fully saturated rings. The molecule has 2 aromatic carbocycles. The second kappa shape index (κ2) is 9.20. The summed E-state index contributed by atoms with van der Waals surface area (Å²) in [5, 5.41) is 9.54. The fourth-order valence-electron chi connectivity index (χ4n) is 4.05. The molecule has 0 bridgehead atoms. The van der Waals surface area contributed by atoms with E-state index < -0.39 is 0 Å². The molecule has 1 aromatic heterocycles. The molecule has 2 heterocycles. The van der Waals surface area contributed by atoms with Crippen molar-refractivity contribution in [1.29, 1.82) is 0 Å². The number of rotatable bonds is 7. The van der Waals surface area contributed by atoms with Crippen LogP contribution in [0.5, 0.6) is 0 Å². The van der Waals surface area contributed by atoms with Crippen molar-refractivity contribution in [3.8, 4) is 0 Å². The van der Waals surface area contributed by atoms with E-state index in [1.807, 2.05) is 0 Å². The number of piperidine rings is 1. The van der Waals surface area contributed by atoms with Gasteiger partial charge in [0.05, 0.1) is 12.3 Å². The molecule has 6 heteroatoms. The maximum Gasteiger partial charge on any atom is 0.289 e. The summed E-state index contributed by atoms with van der Waals surface area (Å²) < 4.78 is 10.2. The van der Waals surface area contributed by atoms with Crippen LogP contribution in [-0.4, -0.2) is 49.3 Å². The quantitative estimate of drug-likeness (QED) is 0.622. The fraction of sp³-hybridized carbons (Fsp3) is 0.391. The number of carbonyl (C=O) groups is 1. The Bertz CT molecular complexity index is 963. The van der Waals surface area contributed by atoms with Gasteiger partial charge in [0.2, 0.25) is 5.76 Å². The Balaban J connectivity index is 1.41. The van der Waals surface area contributed by atoms with Crippen molar-refractivity contribution in [3.05, 3.63) is 65.5 Å². The standard InChI is InChI=1S/C23H27N3O3/c1-28-13-11-24-23(27)22-14-21(25-29-22)19-9-5-12-26(16-19)15-18-8-4-7-17-6-2-3-10-20(17)18/h2-4,6-8,10,14,19H,5,9,11-13,15-16H2,1H3,(H,24,27)/t19-/m1/s1. The number of nitrogens with zero attached hydrogens (tertiary/aromatic N) is 2. The Labute approximate surface area is 170 Å². The van der Waals surface area contributed by atoms with E-state index in [-0.39, 0.29) is 17.6 Å². The molecule has 4 rings (SSSR count). The van der Waals surface area contributed by atoms with E-state index in [1.54, 1.807) is 13.2 Å². The van der Waals surface area contributed by atoms with Gasteiger partial charge in [-0.05, 0) is 35.7 Å². The van der Waals surface area contributed by atoms with Gasteiger partial charge in [0, 0.05) is 38.7 Å². The molecule has 3 aromatic rings. The number of nitrogens with one attached hydrogen (secondary N) is 1. The van der Waals surface area contributed by atoms with Crippen molar-refractivity contribution in [2.45, 2.75) is 25.3 Å².